The van der Waals surface area contributed by atoms with E-state index in [1.807, 2.05) is 13.0 Å². The molecule has 0 bridgehead atoms. The highest BCUT2D eigenvalue weighted by Gasteiger charge is 2.13. The quantitative estimate of drug-likeness (QED) is 0.828. The van der Waals surface area contributed by atoms with E-state index < -0.39 is 0 Å². The van der Waals surface area contributed by atoms with Crippen molar-refractivity contribution in [3.05, 3.63) is 35.4 Å². The van der Waals surface area contributed by atoms with E-state index in [2.05, 4.69) is 11.8 Å². The lowest BCUT2D eigenvalue weighted by molar-refractivity contribution is 0.0768. The van der Waals surface area contributed by atoms with Gasteiger partial charge in [-0.25, -0.2) is 0 Å². The van der Waals surface area contributed by atoms with Gasteiger partial charge in [0.05, 0.1) is 12.5 Å². The minimum absolute atomic E-state index is 0.106. The number of amides is 1. The van der Waals surface area contributed by atoms with E-state index in [0.717, 1.165) is 0 Å². The third-order valence-corrected chi connectivity index (χ3v) is 2.58. The lowest BCUT2D eigenvalue weighted by Gasteiger charge is -2.19. The molecule has 0 radical (unpaired) electrons. The zero-order valence-electron chi connectivity index (χ0n) is 10.9. The fraction of sp³-hybridized carbons (Fsp3) is 0.333. The fourth-order valence-corrected chi connectivity index (χ4v) is 1.64. The number of aliphatic hydroxyl groups excluding tert-OH is 1. The Hall–Kier alpha value is -2.30. The molecule has 4 nitrogen and oxygen atoms in total. The number of aliphatic hydroxyl groups is 1. The number of hydrogen-bond acceptors (Lipinski definition) is 3. The summed E-state index contributed by atoms with van der Waals surface area (Å²) in [5.41, 5.74) is 1.24. The van der Waals surface area contributed by atoms with Crippen molar-refractivity contribution in [1.82, 2.24) is 4.90 Å². The minimum Gasteiger partial charge on any atom is -0.384 e. The van der Waals surface area contributed by atoms with Gasteiger partial charge in [0.2, 0.25) is 0 Å². The van der Waals surface area contributed by atoms with Crippen LogP contribution in [0.4, 0.5) is 0 Å². The summed E-state index contributed by atoms with van der Waals surface area (Å²) in [7, 11) is 0. The number of benzene rings is 1. The van der Waals surface area contributed by atoms with Crippen molar-refractivity contribution in [2.75, 3.05) is 19.7 Å². The van der Waals surface area contributed by atoms with Gasteiger partial charge >= 0.3 is 0 Å². The maximum Gasteiger partial charge on any atom is 0.253 e. The maximum atomic E-state index is 12.2. The average molecular weight is 256 g/mol. The SMILES string of the molecule is CCN(CCC#N)C(=O)c1cccc(C#CCO)c1. The van der Waals surface area contributed by atoms with E-state index in [-0.39, 0.29) is 12.5 Å². The molecule has 0 fully saturated rings. The predicted octanol–water partition coefficient (Wildman–Crippen LogP) is 1.41. The second-order valence-electron chi connectivity index (χ2n) is 3.83. The molecule has 0 heterocycles. The van der Waals surface area contributed by atoms with Crippen LogP contribution in [0.1, 0.15) is 29.3 Å². The summed E-state index contributed by atoms with van der Waals surface area (Å²) < 4.78 is 0. The third-order valence-electron chi connectivity index (χ3n) is 2.58. The van der Waals surface area contributed by atoms with Crippen LogP contribution in [0, 0.1) is 23.2 Å². The van der Waals surface area contributed by atoms with Gasteiger partial charge in [-0.3, -0.25) is 4.79 Å². The fourth-order valence-electron chi connectivity index (χ4n) is 1.64. The van der Waals surface area contributed by atoms with Gasteiger partial charge in [-0.1, -0.05) is 17.9 Å². The van der Waals surface area contributed by atoms with E-state index in [1.54, 1.807) is 29.2 Å². The summed E-state index contributed by atoms with van der Waals surface area (Å²) in [4.78, 5) is 13.9. The Morgan fingerprint density at radius 1 is 1.47 bits per heavy atom. The molecule has 0 aliphatic carbocycles. The van der Waals surface area contributed by atoms with Crippen molar-refractivity contribution >= 4 is 5.91 Å². The van der Waals surface area contributed by atoms with Crippen LogP contribution in [0.25, 0.3) is 0 Å². The summed E-state index contributed by atoms with van der Waals surface area (Å²) in [6, 6.07) is 8.99. The Labute approximate surface area is 113 Å². The number of hydrogen-bond donors (Lipinski definition) is 1. The predicted molar refractivity (Wildman–Crippen MR) is 72.2 cm³/mol. The van der Waals surface area contributed by atoms with Gasteiger partial charge in [-0.05, 0) is 25.1 Å². The van der Waals surface area contributed by atoms with Crippen LogP contribution in [0.3, 0.4) is 0 Å². The highest BCUT2D eigenvalue weighted by molar-refractivity contribution is 5.94. The molecule has 1 aromatic carbocycles. The molecule has 1 amide bonds. The molecular weight excluding hydrogens is 240 g/mol. The molecule has 0 atom stereocenters. The van der Waals surface area contributed by atoms with Crippen molar-refractivity contribution in [2.45, 2.75) is 13.3 Å². The second-order valence-corrected chi connectivity index (χ2v) is 3.83. The zero-order valence-corrected chi connectivity index (χ0v) is 10.9. The van der Waals surface area contributed by atoms with Gasteiger partial charge in [-0.15, -0.1) is 0 Å². The molecule has 19 heavy (non-hydrogen) atoms. The normalized spacial score (nSPS) is 9.11. The van der Waals surface area contributed by atoms with Crippen molar-refractivity contribution in [2.24, 2.45) is 0 Å². The molecule has 0 saturated heterocycles. The Bertz CT molecular complexity index is 535. The molecule has 1 aromatic rings. The van der Waals surface area contributed by atoms with Crippen LogP contribution in [-0.2, 0) is 0 Å². The first-order valence-electron chi connectivity index (χ1n) is 6.09. The number of nitriles is 1. The highest BCUT2D eigenvalue weighted by atomic mass is 16.2. The van der Waals surface area contributed by atoms with E-state index in [1.165, 1.54) is 0 Å². The molecule has 0 unspecified atom stereocenters. The van der Waals surface area contributed by atoms with E-state index >= 15 is 0 Å². The first-order chi connectivity index (χ1) is 9.22. The molecule has 1 N–H and O–H groups in total. The summed E-state index contributed by atoms with van der Waals surface area (Å²) >= 11 is 0. The van der Waals surface area contributed by atoms with Gasteiger partial charge < -0.3 is 10.0 Å². The molecule has 1 rings (SSSR count). The van der Waals surface area contributed by atoms with Crippen molar-refractivity contribution in [1.29, 1.82) is 5.26 Å². The third kappa shape index (κ3) is 4.46. The number of carbonyl (C=O) groups is 1. The molecule has 0 aromatic heterocycles. The van der Waals surface area contributed by atoms with Crippen LogP contribution in [0.5, 0.6) is 0 Å². The van der Waals surface area contributed by atoms with E-state index in [4.69, 9.17) is 10.4 Å². The van der Waals surface area contributed by atoms with Crippen LogP contribution in [-0.4, -0.2) is 35.6 Å². The highest BCUT2D eigenvalue weighted by Crippen LogP contribution is 2.08. The molecule has 98 valence electrons. The standard InChI is InChI=1S/C15H16N2O2/c1-2-17(10-5-9-16)15(19)14-8-3-6-13(12-14)7-4-11-18/h3,6,8,12,18H,2,5,10-11H2,1H3. The smallest absolute Gasteiger partial charge is 0.253 e. The lowest BCUT2D eigenvalue weighted by Crippen LogP contribution is -2.31. The summed E-state index contributed by atoms with van der Waals surface area (Å²) in [5, 5.41) is 17.2. The van der Waals surface area contributed by atoms with Gasteiger partial charge in [-0.2, -0.15) is 5.26 Å². The topological polar surface area (TPSA) is 64.3 Å². The van der Waals surface area contributed by atoms with Crippen LogP contribution >= 0.6 is 0 Å². The summed E-state index contributed by atoms with van der Waals surface area (Å²) in [6.45, 7) is 2.66. The molecule has 0 aliphatic rings. The van der Waals surface area contributed by atoms with E-state index in [0.29, 0.717) is 30.6 Å². The Morgan fingerprint density at radius 2 is 2.26 bits per heavy atom. The summed E-state index contributed by atoms with van der Waals surface area (Å²) in [5.74, 6) is 5.21. The number of nitrogens with zero attached hydrogens (tertiary/aromatic N) is 2. The van der Waals surface area contributed by atoms with Crippen molar-refractivity contribution < 1.29 is 9.90 Å². The van der Waals surface area contributed by atoms with Gasteiger partial charge in [0.1, 0.15) is 6.61 Å². The van der Waals surface area contributed by atoms with E-state index in [9.17, 15) is 4.79 Å². The van der Waals surface area contributed by atoms with Gasteiger partial charge in [0, 0.05) is 24.2 Å². The Morgan fingerprint density at radius 3 is 2.89 bits per heavy atom. The number of carbonyl (C=O) groups excluding carboxylic acids is 1. The van der Waals surface area contributed by atoms with Crippen molar-refractivity contribution in [3.63, 3.8) is 0 Å². The molecule has 4 heteroatoms. The van der Waals surface area contributed by atoms with Gasteiger partial charge in [0.15, 0.2) is 0 Å². The van der Waals surface area contributed by atoms with Crippen LogP contribution < -0.4 is 0 Å². The average Bonchev–Trinajstić information content (AvgIpc) is 2.46. The molecule has 0 aliphatic heterocycles. The molecule has 0 spiro atoms. The number of rotatable bonds is 4. The van der Waals surface area contributed by atoms with Crippen LogP contribution in [0.2, 0.25) is 0 Å². The monoisotopic (exact) mass is 256 g/mol. The maximum absolute atomic E-state index is 12.2. The first-order valence-corrected chi connectivity index (χ1v) is 6.09. The zero-order chi connectivity index (χ0) is 14.1. The largest absolute Gasteiger partial charge is 0.384 e. The molecular formula is C15H16N2O2. The van der Waals surface area contributed by atoms with Gasteiger partial charge in [0.25, 0.3) is 5.91 Å². The van der Waals surface area contributed by atoms with Crippen molar-refractivity contribution in [3.8, 4) is 17.9 Å². The second kappa shape index (κ2) is 7.92. The molecule has 0 saturated carbocycles. The lowest BCUT2D eigenvalue weighted by atomic mass is 10.1. The summed E-state index contributed by atoms with van der Waals surface area (Å²) in [6.07, 6.45) is 0.323. The Balaban J connectivity index is 2.89. The first kappa shape index (κ1) is 14.8. The Kier molecular flexibility index (Phi) is 6.15. The minimum atomic E-state index is -0.207. The van der Waals surface area contributed by atoms with Crippen LogP contribution in [0.15, 0.2) is 24.3 Å².